The Labute approximate surface area is 132 Å². The zero-order chi connectivity index (χ0) is 15.2. The molecule has 0 radical (unpaired) electrons. The molecule has 0 spiro atoms. The average Bonchev–Trinajstić information content (AvgIpc) is 2.53. The van der Waals surface area contributed by atoms with Crippen LogP contribution in [0.3, 0.4) is 0 Å². The second kappa shape index (κ2) is 7.33. The topological polar surface area (TPSA) is 50.7 Å². The SMILES string of the molecule is COc1cccc(C(O)CNc2ccc(Br)c(OC)c2)c1. The van der Waals surface area contributed by atoms with Crippen molar-refractivity contribution in [3.63, 3.8) is 0 Å². The van der Waals surface area contributed by atoms with E-state index in [1.165, 1.54) is 0 Å². The Morgan fingerprint density at radius 3 is 2.67 bits per heavy atom. The Morgan fingerprint density at radius 1 is 1.14 bits per heavy atom. The van der Waals surface area contributed by atoms with E-state index in [4.69, 9.17) is 9.47 Å². The molecule has 0 bridgehead atoms. The molecule has 2 aromatic carbocycles. The number of methoxy groups -OCH3 is 2. The fraction of sp³-hybridized carbons (Fsp3) is 0.250. The monoisotopic (exact) mass is 351 g/mol. The summed E-state index contributed by atoms with van der Waals surface area (Å²) in [4.78, 5) is 0. The Kier molecular flexibility index (Phi) is 5.47. The molecule has 0 aliphatic rings. The maximum atomic E-state index is 10.2. The third kappa shape index (κ3) is 4.12. The summed E-state index contributed by atoms with van der Waals surface area (Å²) < 4.78 is 11.3. The highest BCUT2D eigenvalue weighted by atomic mass is 79.9. The molecule has 5 heteroatoms. The summed E-state index contributed by atoms with van der Waals surface area (Å²) in [6, 6.07) is 13.1. The molecule has 0 saturated heterocycles. The standard InChI is InChI=1S/C16H18BrNO3/c1-20-13-5-3-4-11(8-13)15(19)10-18-12-6-7-14(17)16(9-12)21-2/h3-9,15,18-19H,10H2,1-2H3. The van der Waals surface area contributed by atoms with E-state index in [2.05, 4.69) is 21.2 Å². The highest BCUT2D eigenvalue weighted by molar-refractivity contribution is 9.10. The number of ether oxygens (including phenoxy) is 2. The van der Waals surface area contributed by atoms with Crippen molar-refractivity contribution in [1.82, 2.24) is 0 Å². The zero-order valence-corrected chi connectivity index (χ0v) is 13.6. The number of anilines is 1. The molecule has 0 heterocycles. The molecule has 0 amide bonds. The average molecular weight is 352 g/mol. The Balaban J connectivity index is 2.01. The van der Waals surface area contributed by atoms with E-state index in [0.29, 0.717) is 6.54 Å². The van der Waals surface area contributed by atoms with E-state index in [1.54, 1.807) is 14.2 Å². The van der Waals surface area contributed by atoms with E-state index in [1.807, 2.05) is 42.5 Å². The van der Waals surface area contributed by atoms with Crippen molar-refractivity contribution in [2.24, 2.45) is 0 Å². The van der Waals surface area contributed by atoms with Crippen molar-refractivity contribution in [2.75, 3.05) is 26.1 Å². The van der Waals surface area contributed by atoms with Crippen LogP contribution in [0.5, 0.6) is 11.5 Å². The van der Waals surface area contributed by atoms with Gasteiger partial charge in [0.25, 0.3) is 0 Å². The van der Waals surface area contributed by atoms with E-state index in [9.17, 15) is 5.11 Å². The van der Waals surface area contributed by atoms with Gasteiger partial charge in [0.2, 0.25) is 0 Å². The van der Waals surface area contributed by atoms with Gasteiger partial charge in [0.05, 0.1) is 24.8 Å². The molecular weight excluding hydrogens is 334 g/mol. The lowest BCUT2D eigenvalue weighted by atomic mass is 10.1. The van der Waals surface area contributed by atoms with Crippen molar-refractivity contribution in [3.05, 3.63) is 52.5 Å². The van der Waals surface area contributed by atoms with Crippen LogP contribution in [0.25, 0.3) is 0 Å². The van der Waals surface area contributed by atoms with Gasteiger partial charge in [-0.05, 0) is 45.8 Å². The van der Waals surface area contributed by atoms with Crippen molar-refractivity contribution in [1.29, 1.82) is 0 Å². The Bertz CT molecular complexity index is 604. The molecule has 4 nitrogen and oxygen atoms in total. The van der Waals surface area contributed by atoms with Crippen molar-refractivity contribution >= 4 is 21.6 Å². The van der Waals surface area contributed by atoms with Crippen molar-refractivity contribution in [3.8, 4) is 11.5 Å². The van der Waals surface area contributed by atoms with Gasteiger partial charge in [-0.15, -0.1) is 0 Å². The summed E-state index contributed by atoms with van der Waals surface area (Å²) in [5.41, 5.74) is 1.70. The van der Waals surface area contributed by atoms with Crippen LogP contribution in [0.15, 0.2) is 46.9 Å². The number of hydrogen-bond donors (Lipinski definition) is 2. The zero-order valence-electron chi connectivity index (χ0n) is 12.0. The van der Waals surface area contributed by atoms with Crippen LogP contribution in [0.1, 0.15) is 11.7 Å². The van der Waals surface area contributed by atoms with Gasteiger partial charge in [-0.2, -0.15) is 0 Å². The number of halogens is 1. The molecule has 0 saturated carbocycles. The van der Waals surface area contributed by atoms with Crippen LogP contribution < -0.4 is 14.8 Å². The maximum absolute atomic E-state index is 10.2. The van der Waals surface area contributed by atoms with Gasteiger partial charge in [-0.3, -0.25) is 0 Å². The van der Waals surface area contributed by atoms with Gasteiger partial charge in [-0.1, -0.05) is 12.1 Å². The van der Waals surface area contributed by atoms with E-state index in [0.717, 1.165) is 27.2 Å². The molecule has 0 aromatic heterocycles. The first-order chi connectivity index (χ1) is 10.1. The third-order valence-electron chi connectivity index (χ3n) is 3.13. The second-order valence-electron chi connectivity index (χ2n) is 4.52. The van der Waals surface area contributed by atoms with E-state index in [-0.39, 0.29) is 0 Å². The Morgan fingerprint density at radius 2 is 1.95 bits per heavy atom. The van der Waals surface area contributed by atoms with Crippen LogP contribution in [-0.2, 0) is 0 Å². The summed E-state index contributed by atoms with van der Waals surface area (Å²) in [6.07, 6.45) is -0.616. The Hall–Kier alpha value is -1.72. The van der Waals surface area contributed by atoms with Crippen LogP contribution in [0, 0.1) is 0 Å². The second-order valence-corrected chi connectivity index (χ2v) is 5.38. The number of rotatable bonds is 6. The minimum atomic E-state index is -0.616. The van der Waals surface area contributed by atoms with Crippen LogP contribution >= 0.6 is 15.9 Å². The quantitative estimate of drug-likeness (QED) is 0.834. The number of aliphatic hydroxyl groups excluding tert-OH is 1. The molecule has 112 valence electrons. The fourth-order valence-corrected chi connectivity index (χ4v) is 2.36. The van der Waals surface area contributed by atoms with Gasteiger partial charge < -0.3 is 19.9 Å². The predicted molar refractivity (Wildman–Crippen MR) is 87.1 cm³/mol. The minimum absolute atomic E-state index is 0.401. The number of aliphatic hydroxyl groups is 1. The third-order valence-corrected chi connectivity index (χ3v) is 3.78. The summed E-state index contributed by atoms with van der Waals surface area (Å²) in [6.45, 7) is 0.401. The largest absolute Gasteiger partial charge is 0.497 e. The van der Waals surface area contributed by atoms with Gasteiger partial charge in [0.1, 0.15) is 11.5 Å². The maximum Gasteiger partial charge on any atom is 0.135 e. The van der Waals surface area contributed by atoms with Crippen LogP contribution in [-0.4, -0.2) is 25.9 Å². The smallest absolute Gasteiger partial charge is 0.135 e. The first kappa shape index (κ1) is 15.7. The molecule has 21 heavy (non-hydrogen) atoms. The highest BCUT2D eigenvalue weighted by Crippen LogP contribution is 2.28. The van der Waals surface area contributed by atoms with Crippen molar-refractivity contribution < 1.29 is 14.6 Å². The van der Waals surface area contributed by atoms with Crippen molar-refractivity contribution in [2.45, 2.75) is 6.10 Å². The van der Waals surface area contributed by atoms with Crippen LogP contribution in [0.2, 0.25) is 0 Å². The van der Waals surface area contributed by atoms with E-state index < -0.39 is 6.10 Å². The van der Waals surface area contributed by atoms with Gasteiger partial charge in [0, 0.05) is 18.3 Å². The lowest BCUT2D eigenvalue weighted by molar-refractivity contribution is 0.191. The summed E-state index contributed by atoms with van der Waals surface area (Å²) in [5, 5.41) is 13.4. The predicted octanol–water partition coefficient (Wildman–Crippen LogP) is 3.61. The highest BCUT2D eigenvalue weighted by Gasteiger charge is 2.09. The molecule has 2 N–H and O–H groups in total. The molecule has 0 aliphatic heterocycles. The molecule has 0 fully saturated rings. The normalized spacial score (nSPS) is 11.8. The molecule has 1 unspecified atom stereocenters. The van der Waals surface area contributed by atoms with Gasteiger partial charge >= 0.3 is 0 Å². The first-order valence-electron chi connectivity index (χ1n) is 6.53. The molecule has 1 atom stereocenters. The van der Waals surface area contributed by atoms with Gasteiger partial charge in [0.15, 0.2) is 0 Å². The molecular formula is C16H18BrNO3. The van der Waals surface area contributed by atoms with E-state index >= 15 is 0 Å². The minimum Gasteiger partial charge on any atom is -0.497 e. The van der Waals surface area contributed by atoms with Gasteiger partial charge in [-0.25, -0.2) is 0 Å². The first-order valence-corrected chi connectivity index (χ1v) is 7.32. The number of nitrogens with one attached hydrogen (secondary N) is 1. The number of benzene rings is 2. The summed E-state index contributed by atoms with van der Waals surface area (Å²) in [5.74, 6) is 1.48. The number of hydrogen-bond acceptors (Lipinski definition) is 4. The molecule has 0 aliphatic carbocycles. The molecule has 2 aromatic rings. The summed E-state index contributed by atoms with van der Waals surface area (Å²) >= 11 is 3.41. The summed E-state index contributed by atoms with van der Waals surface area (Å²) in [7, 11) is 3.23. The van der Waals surface area contributed by atoms with Crippen LogP contribution in [0.4, 0.5) is 5.69 Å². The fourth-order valence-electron chi connectivity index (χ4n) is 1.95. The lowest BCUT2D eigenvalue weighted by Crippen LogP contribution is -2.12. The molecule has 2 rings (SSSR count). The lowest BCUT2D eigenvalue weighted by Gasteiger charge is -2.15.